The summed E-state index contributed by atoms with van der Waals surface area (Å²) in [6.45, 7) is 0.700. The van der Waals surface area contributed by atoms with Crippen LogP contribution in [0.15, 0.2) is 18.2 Å². The van der Waals surface area contributed by atoms with Crippen molar-refractivity contribution in [3.8, 4) is 0 Å². The van der Waals surface area contributed by atoms with E-state index in [1.54, 1.807) is 11.0 Å². The van der Waals surface area contributed by atoms with Crippen LogP contribution in [-0.2, 0) is 6.42 Å². The van der Waals surface area contributed by atoms with Crippen LogP contribution >= 0.6 is 11.6 Å². The summed E-state index contributed by atoms with van der Waals surface area (Å²) in [5, 5.41) is 0.128. The molecule has 0 radical (unpaired) electrons. The molecule has 0 amide bonds. The number of halogens is 2. The topological polar surface area (TPSA) is 45.2 Å². The van der Waals surface area contributed by atoms with E-state index in [0.717, 1.165) is 17.7 Å². The molecule has 104 valence electrons. The maximum Gasteiger partial charge on any atom is 0.236 e. The fourth-order valence-corrected chi connectivity index (χ4v) is 2.36. The lowest BCUT2D eigenvalue weighted by molar-refractivity contribution is 0.628. The minimum Gasteiger partial charge on any atom is -0.347 e. The maximum atomic E-state index is 13.4. The van der Waals surface area contributed by atoms with Crippen molar-refractivity contribution in [2.45, 2.75) is 6.42 Å². The van der Waals surface area contributed by atoms with Crippen molar-refractivity contribution in [2.24, 2.45) is 0 Å². The molecule has 0 saturated carbocycles. The highest BCUT2D eigenvalue weighted by molar-refractivity contribution is 6.28. The number of hydrogen-bond donors (Lipinski definition) is 0. The molecule has 20 heavy (non-hydrogen) atoms. The zero-order valence-corrected chi connectivity index (χ0v) is 11.9. The van der Waals surface area contributed by atoms with E-state index in [2.05, 4.69) is 15.0 Å². The molecule has 2 aromatic rings. The number of fused-ring (bicyclic) bond motifs is 1. The van der Waals surface area contributed by atoms with Crippen LogP contribution in [0.25, 0.3) is 0 Å². The van der Waals surface area contributed by atoms with Gasteiger partial charge in [0.25, 0.3) is 0 Å². The van der Waals surface area contributed by atoms with E-state index >= 15 is 0 Å². The van der Waals surface area contributed by atoms with Gasteiger partial charge in [0, 0.05) is 20.6 Å². The van der Waals surface area contributed by atoms with Gasteiger partial charge in [-0.25, -0.2) is 4.39 Å². The number of benzene rings is 1. The van der Waals surface area contributed by atoms with Crippen LogP contribution in [0.1, 0.15) is 5.56 Å². The number of nitrogens with zero attached hydrogens (tertiary/aromatic N) is 5. The number of hydrogen-bond acceptors (Lipinski definition) is 5. The zero-order chi connectivity index (χ0) is 14.3. The first-order valence-corrected chi connectivity index (χ1v) is 6.57. The second kappa shape index (κ2) is 4.86. The van der Waals surface area contributed by atoms with Gasteiger partial charge in [0.2, 0.25) is 17.2 Å². The van der Waals surface area contributed by atoms with Gasteiger partial charge in [-0.1, -0.05) is 6.07 Å². The summed E-state index contributed by atoms with van der Waals surface area (Å²) in [6.07, 6.45) is 0.830. The van der Waals surface area contributed by atoms with Gasteiger partial charge < -0.3 is 9.80 Å². The summed E-state index contributed by atoms with van der Waals surface area (Å²) in [7, 11) is 3.65. The van der Waals surface area contributed by atoms with Gasteiger partial charge in [0.15, 0.2) is 0 Å². The average molecular weight is 294 g/mol. The molecule has 3 rings (SSSR count). The molecule has 0 spiro atoms. The third-order valence-electron chi connectivity index (χ3n) is 3.17. The summed E-state index contributed by atoms with van der Waals surface area (Å²) >= 11 is 5.94. The van der Waals surface area contributed by atoms with E-state index in [1.807, 2.05) is 19.0 Å². The normalized spacial score (nSPS) is 13.5. The molecule has 2 heterocycles. The molecule has 1 aromatic heterocycles. The average Bonchev–Trinajstić information content (AvgIpc) is 2.80. The molecule has 0 unspecified atom stereocenters. The predicted octanol–water partition coefficient (Wildman–Crippen LogP) is 2.42. The number of anilines is 3. The highest BCUT2D eigenvalue weighted by Gasteiger charge is 2.24. The SMILES string of the molecule is CN(C)c1nc(Cl)nc(N2CCc3ccc(F)cc32)n1. The van der Waals surface area contributed by atoms with Gasteiger partial charge in [-0.05, 0) is 35.7 Å². The molecule has 0 fully saturated rings. The Morgan fingerprint density at radius 1 is 1.25 bits per heavy atom. The Hall–Kier alpha value is -1.95. The Morgan fingerprint density at radius 3 is 2.80 bits per heavy atom. The van der Waals surface area contributed by atoms with Crippen molar-refractivity contribution >= 4 is 29.2 Å². The van der Waals surface area contributed by atoms with E-state index in [1.165, 1.54) is 12.1 Å². The van der Waals surface area contributed by atoms with Crippen LogP contribution in [0.2, 0.25) is 5.28 Å². The molecule has 1 aromatic carbocycles. The first kappa shape index (κ1) is 13.1. The second-order valence-electron chi connectivity index (χ2n) is 4.77. The Bertz CT molecular complexity index is 661. The Balaban J connectivity index is 2.06. The van der Waals surface area contributed by atoms with E-state index in [9.17, 15) is 4.39 Å². The first-order chi connectivity index (χ1) is 9.54. The molecule has 0 bridgehead atoms. The first-order valence-electron chi connectivity index (χ1n) is 6.19. The number of aromatic nitrogens is 3. The third-order valence-corrected chi connectivity index (χ3v) is 3.34. The summed E-state index contributed by atoms with van der Waals surface area (Å²) < 4.78 is 13.4. The predicted molar refractivity (Wildman–Crippen MR) is 76.3 cm³/mol. The minimum absolute atomic E-state index is 0.128. The quantitative estimate of drug-likeness (QED) is 0.851. The van der Waals surface area contributed by atoms with Crippen LogP contribution in [0.5, 0.6) is 0 Å². The van der Waals surface area contributed by atoms with Crippen molar-refractivity contribution in [2.75, 3.05) is 30.4 Å². The van der Waals surface area contributed by atoms with Crippen LogP contribution in [0.4, 0.5) is 22.0 Å². The molecule has 5 nitrogen and oxygen atoms in total. The monoisotopic (exact) mass is 293 g/mol. The Kier molecular flexibility index (Phi) is 3.17. The standard InChI is InChI=1S/C13H13ClFN5/c1-19(2)12-16-11(14)17-13(18-12)20-6-5-8-3-4-9(15)7-10(8)20/h3-4,7H,5-6H2,1-2H3. The van der Waals surface area contributed by atoms with Gasteiger partial charge in [-0.2, -0.15) is 15.0 Å². The lowest BCUT2D eigenvalue weighted by Gasteiger charge is -2.19. The number of rotatable bonds is 2. The molecule has 1 aliphatic rings. The zero-order valence-electron chi connectivity index (χ0n) is 11.1. The van der Waals surface area contributed by atoms with Crippen LogP contribution in [0.3, 0.4) is 0 Å². The molecular formula is C13H13ClFN5. The third kappa shape index (κ3) is 2.27. The molecule has 0 aliphatic carbocycles. The second-order valence-corrected chi connectivity index (χ2v) is 5.11. The van der Waals surface area contributed by atoms with Gasteiger partial charge >= 0.3 is 0 Å². The molecule has 1 aliphatic heterocycles. The smallest absolute Gasteiger partial charge is 0.236 e. The molecule has 0 atom stereocenters. The Morgan fingerprint density at radius 2 is 2.05 bits per heavy atom. The minimum atomic E-state index is -0.274. The lowest BCUT2D eigenvalue weighted by Crippen LogP contribution is -2.20. The fraction of sp³-hybridized carbons (Fsp3) is 0.308. The maximum absolute atomic E-state index is 13.4. The molecule has 0 N–H and O–H groups in total. The summed E-state index contributed by atoms with van der Waals surface area (Å²) in [6, 6.07) is 4.75. The van der Waals surface area contributed by atoms with Crippen molar-refractivity contribution in [1.82, 2.24) is 15.0 Å². The summed E-state index contributed by atoms with van der Waals surface area (Å²) in [5.41, 5.74) is 1.87. The highest BCUT2D eigenvalue weighted by Crippen LogP contribution is 2.33. The van der Waals surface area contributed by atoms with Gasteiger partial charge in [0.1, 0.15) is 5.82 Å². The van der Waals surface area contributed by atoms with E-state index in [4.69, 9.17) is 11.6 Å². The van der Waals surface area contributed by atoms with Crippen LogP contribution in [-0.4, -0.2) is 35.6 Å². The lowest BCUT2D eigenvalue weighted by atomic mass is 10.2. The molecular weight excluding hydrogens is 281 g/mol. The van der Waals surface area contributed by atoms with Gasteiger partial charge in [-0.3, -0.25) is 0 Å². The summed E-state index contributed by atoms with van der Waals surface area (Å²) in [5.74, 6) is 0.645. The van der Waals surface area contributed by atoms with Gasteiger partial charge in [0.05, 0.1) is 5.69 Å². The van der Waals surface area contributed by atoms with Crippen molar-refractivity contribution < 1.29 is 4.39 Å². The fourth-order valence-electron chi connectivity index (χ4n) is 2.21. The largest absolute Gasteiger partial charge is 0.347 e. The summed E-state index contributed by atoms with van der Waals surface area (Å²) in [4.78, 5) is 16.2. The highest BCUT2D eigenvalue weighted by atomic mass is 35.5. The van der Waals surface area contributed by atoms with Crippen molar-refractivity contribution in [3.05, 3.63) is 34.9 Å². The van der Waals surface area contributed by atoms with Crippen LogP contribution in [0, 0.1) is 5.82 Å². The van der Waals surface area contributed by atoms with E-state index in [-0.39, 0.29) is 11.1 Å². The van der Waals surface area contributed by atoms with Crippen molar-refractivity contribution in [1.29, 1.82) is 0 Å². The Labute approximate surface area is 121 Å². The van der Waals surface area contributed by atoms with E-state index in [0.29, 0.717) is 18.4 Å². The van der Waals surface area contributed by atoms with Gasteiger partial charge in [-0.15, -0.1) is 0 Å². The van der Waals surface area contributed by atoms with Crippen LogP contribution < -0.4 is 9.80 Å². The molecule has 0 saturated heterocycles. The molecule has 7 heteroatoms. The van der Waals surface area contributed by atoms with Crippen molar-refractivity contribution in [3.63, 3.8) is 0 Å². The van der Waals surface area contributed by atoms with E-state index < -0.39 is 0 Å².